The summed E-state index contributed by atoms with van der Waals surface area (Å²) in [4.78, 5) is 24.8. The van der Waals surface area contributed by atoms with E-state index in [2.05, 4.69) is 31.4 Å². The maximum absolute atomic E-state index is 14.5. The molecule has 0 saturated carbocycles. The van der Waals surface area contributed by atoms with Crippen molar-refractivity contribution in [3.05, 3.63) is 42.5 Å². The molecule has 0 spiro atoms. The maximum atomic E-state index is 14.5. The molecule has 1 aliphatic rings. The molecule has 0 bridgehead atoms. The van der Waals surface area contributed by atoms with Crippen LogP contribution in [0.25, 0.3) is 11.4 Å². The highest BCUT2D eigenvalue weighted by Gasteiger charge is 2.33. The number of carbonyl (C=O) groups is 1. The molecule has 2 unspecified atom stereocenters. The van der Waals surface area contributed by atoms with Crippen LogP contribution in [0.1, 0.15) is 32.8 Å². The molecule has 1 aromatic carbocycles. The zero-order valence-corrected chi connectivity index (χ0v) is 19.5. The van der Waals surface area contributed by atoms with Crippen LogP contribution in [0.2, 0.25) is 0 Å². The van der Waals surface area contributed by atoms with Gasteiger partial charge in [-0.25, -0.2) is 19.2 Å². The van der Waals surface area contributed by atoms with Gasteiger partial charge in [0.25, 0.3) is 0 Å². The molecule has 182 valence electrons. The number of piperidine rings is 1. The number of nitrogens with one attached hydrogen (secondary N) is 1. The number of amides is 1. The highest BCUT2D eigenvalue weighted by Crippen LogP contribution is 2.28. The Labute approximate surface area is 201 Å². The van der Waals surface area contributed by atoms with Gasteiger partial charge in [0.15, 0.2) is 12.0 Å². The Morgan fingerprint density at radius 3 is 2.80 bits per heavy atom. The van der Waals surface area contributed by atoms with E-state index < -0.39 is 18.4 Å². The fourth-order valence-corrected chi connectivity index (χ4v) is 3.59. The SMILES string of the molecule is CC(C)(C)n1cc(Nc2ncnc(-c3ccc(OC4CCN(C(=O)O)CC4F)c(C#N)c3)n2)cn1. The Morgan fingerprint density at radius 2 is 2.14 bits per heavy atom. The van der Waals surface area contributed by atoms with Gasteiger partial charge in [0.05, 0.1) is 29.5 Å². The third-order valence-electron chi connectivity index (χ3n) is 5.49. The zero-order chi connectivity index (χ0) is 25.2. The summed E-state index contributed by atoms with van der Waals surface area (Å²) in [5.41, 5.74) is 1.30. The third-order valence-corrected chi connectivity index (χ3v) is 5.49. The van der Waals surface area contributed by atoms with E-state index >= 15 is 0 Å². The van der Waals surface area contributed by atoms with E-state index in [-0.39, 0.29) is 36.4 Å². The fourth-order valence-electron chi connectivity index (χ4n) is 3.59. The van der Waals surface area contributed by atoms with Crippen LogP contribution < -0.4 is 10.1 Å². The number of hydrogen-bond donors (Lipinski definition) is 2. The topological polar surface area (TPSA) is 142 Å². The average molecular weight is 481 g/mol. The summed E-state index contributed by atoms with van der Waals surface area (Å²) in [5, 5.41) is 26.1. The number of ether oxygens (including phenoxy) is 1. The minimum atomic E-state index is -1.49. The van der Waals surface area contributed by atoms with Crippen molar-refractivity contribution in [2.75, 3.05) is 18.4 Å². The molecule has 1 amide bonds. The summed E-state index contributed by atoms with van der Waals surface area (Å²) in [6.45, 7) is 6.01. The van der Waals surface area contributed by atoms with E-state index in [9.17, 15) is 14.4 Å². The highest BCUT2D eigenvalue weighted by atomic mass is 19.1. The number of halogens is 1. The first kappa shape index (κ1) is 23.9. The van der Waals surface area contributed by atoms with E-state index in [1.165, 1.54) is 6.33 Å². The smallest absolute Gasteiger partial charge is 0.407 e. The molecule has 3 heterocycles. The van der Waals surface area contributed by atoms with Crippen LogP contribution in [0.15, 0.2) is 36.9 Å². The van der Waals surface area contributed by atoms with E-state index in [1.807, 2.05) is 31.6 Å². The predicted octanol–water partition coefficient (Wildman–Crippen LogP) is 3.57. The Morgan fingerprint density at radius 1 is 1.34 bits per heavy atom. The summed E-state index contributed by atoms with van der Waals surface area (Å²) in [6, 6.07) is 6.86. The summed E-state index contributed by atoms with van der Waals surface area (Å²) in [5.74, 6) is 0.870. The Hall–Kier alpha value is -4.27. The molecule has 2 N–H and O–H groups in total. The highest BCUT2D eigenvalue weighted by molar-refractivity contribution is 5.65. The van der Waals surface area contributed by atoms with Crippen molar-refractivity contribution in [2.45, 2.75) is 45.0 Å². The number of aromatic nitrogens is 5. The number of carboxylic acid groups (broad SMARTS) is 1. The van der Waals surface area contributed by atoms with E-state index in [4.69, 9.17) is 9.84 Å². The minimum Gasteiger partial charge on any atom is -0.486 e. The van der Waals surface area contributed by atoms with Gasteiger partial charge in [-0.05, 0) is 39.0 Å². The van der Waals surface area contributed by atoms with Gasteiger partial charge in [-0.2, -0.15) is 15.3 Å². The van der Waals surface area contributed by atoms with Gasteiger partial charge in [0.2, 0.25) is 5.95 Å². The number of benzene rings is 1. The summed E-state index contributed by atoms with van der Waals surface area (Å²) in [7, 11) is 0. The van der Waals surface area contributed by atoms with Crippen LogP contribution in [-0.2, 0) is 5.54 Å². The summed E-state index contributed by atoms with van der Waals surface area (Å²) < 4.78 is 22.0. The van der Waals surface area contributed by atoms with Gasteiger partial charge in [0.1, 0.15) is 24.3 Å². The van der Waals surface area contributed by atoms with E-state index in [0.717, 1.165) is 4.90 Å². The van der Waals surface area contributed by atoms with Crippen molar-refractivity contribution in [2.24, 2.45) is 0 Å². The van der Waals surface area contributed by atoms with Gasteiger partial charge < -0.3 is 20.1 Å². The van der Waals surface area contributed by atoms with Gasteiger partial charge in [-0.15, -0.1) is 0 Å². The average Bonchev–Trinajstić information content (AvgIpc) is 3.30. The Balaban J connectivity index is 1.50. The number of nitriles is 1. The number of alkyl halides is 1. The van der Waals surface area contributed by atoms with E-state index in [0.29, 0.717) is 23.0 Å². The second-order valence-electron chi connectivity index (χ2n) is 9.11. The van der Waals surface area contributed by atoms with Gasteiger partial charge in [-0.3, -0.25) is 4.68 Å². The van der Waals surface area contributed by atoms with Crippen LogP contribution in [0, 0.1) is 11.3 Å². The lowest BCUT2D eigenvalue weighted by molar-refractivity contribution is 0.0248. The monoisotopic (exact) mass is 480 g/mol. The van der Waals surface area contributed by atoms with Crippen molar-refractivity contribution in [1.82, 2.24) is 29.6 Å². The summed E-state index contributed by atoms with van der Waals surface area (Å²) in [6.07, 6.45) is 1.57. The fraction of sp³-hybridized carbons (Fsp3) is 0.391. The largest absolute Gasteiger partial charge is 0.486 e. The second-order valence-corrected chi connectivity index (χ2v) is 9.11. The molecule has 3 aromatic rings. The number of nitrogens with zero attached hydrogens (tertiary/aromatic N) is 7. The lowest BCUT2D eigenvalue weighted by atomic mass is 10.1. The first-order valence-corrected chi connectivity index (χ1v) is 11.0. The van der Waals surface area contributed by atoms with Crippen LogP contribution in [0.3, 0.4) is 0 Å². The maximum Gasteiger partial charge on any atom is 0.407 e. The molecule has 11 nitrogen and oxygen atoms in total. The second kappa shape index (κ2) is 9.54. The van der Waals surface area contributed by atoms with E-state index in [1.54, 1.807) is 24.4 Å². The molecule has 0 radical (unpaired) electrons. The molecule has 35 heavy (non-hydrogen) atoms. The molecular formula is C23H25FN8O3. The first-order valence-electron chi connectivity index (χ1n) is 11.0. The lowest BCUT2D eigenvalue weighted by Crippen LogP contribution is -2.48. The molecule has 2 atom stereocenters. The van der Waals surface area contributed by atoms with Crippen LogP contribution in [-0.4, -0.2) is 66.2 Å². The number of likely N-dealkylation sites (tertiary alicyclic amines) is 1. The molecule has 0 aliphatic carbocycles. The minimum absolute atomic E-state index is 0.162. The standard InChI is InChI=1S/C23H25FN8O3/c1-23(2,3)32-11-16(10-28-32)29-21-27-13-26-20(30-21)14-4-5-18(15(8-14)9-25)35-19-6-7-31(22(33)34)12-17(19)24/h4-5,8,10-11,13,17,19H,6-7,12H2,1-3H3,(H,33,34)(H,26,27,29,30). The summed E-state index contributed by atoms with van der Waals surface area (Å²) >= 11 is 0. The van der Waals surface area contributed by atoms with Crippen molar-refractivity contribution >= 4 is 17.7 Å². The van der Waals surface area contributed by atoms with Crippen molar-refractivity contribution in [3.8, 4) is 23.2 Å². The van der Waals surface area contributed by atoms with Crippen molar-refractivity contribution in [1.29, 1.82) is 5.26 Å². The van der Waals surface area contributed by atoms with Gasteiger partial charge >= 0.3 is 6.09 Å². The molecule has 2 aromatic heterocycles. The quantitative estimate of drug-likeness (QED) is 0.560. The molecular weight excluding hydrogens is 455 g/mol. The molecule has 1 saturated heterocycles. The Bertz CT molecular complexity index is 1270. The number of hydrogen-bond acceptors (Lipinski definition) is 8. The zero-order valence-electron chi connectivity index (χ0n) is 19.5. The normalized spacial score (nSPS) is 18.1. The Kier molecular flexibility index (Phi) is 6.50. The lowest BCUT2D eigenvalue weighted by Gasteiger charge is -2.33. The van der Waals surface area contributed by atoms with Crippen LogP contribution >= 0.6 is 0 Å². The molecule has 1 fully saturated rings. The van der Waals surface area contributed by atoms with Gasteiger partial charge in [0, 0.05) is 24.7 Å². The third kappa shape index (κ3) is 5.46. The number of rotatable bonds is 5. The van der Waals surface area contributed by atoms with Gasteiger partial charge in [-0.1, -0.05) is 0 Å². The predicted molar refractivity (Wildman–Crippen MR) is 124 cm³/mol. The number of anilines is 2. The molecule has 1 aliphatic heterocycles. The first-order chi connectivity index (χ1) is 16.6. The van der Waals surface area contributed by atoms with Crippen LogP contribution in [0.4, 0.5) is 20.8 Å². The van der Waals surface area contributed by atoms with Crippen molar-refractivity contribution in [3.63, 3.8) is 0 Å². The molecule has 4 rings (SSSR count). The van der Waals surface area contributed by atoms with Crippen LogP contribution in [0.5, 0.6) is 5.75 Å². The van der Waals surface area contributed by atoms with Crippen molar-refractivity contribution < 1.29 is 19.0 Å². The molecule has 12 heteroatoms.